The average Bonchev–Trinajstić information content (AvgIpc) is 3.43. The van der Waals surface area contributed by atoms with E-state index in [4.69, 9.17) is 21.2 Å². The van der Waals surface area contributed by atoms with Gasteiger partial charge in [0.25, 0.3) is 5.91 Å². The van der Waals surface area contributed by atoms with E-state index in [1.54, 1.807) is 13.1 Å². The SMILES string of the molecule is CN(CC(=O)Nc1ccc(N2CCOCC2)cc1)C(=O)C1CC(c2ccc(Cl)s2)=NO1. The highest BCUT2D eigenvalue weighted by molar-refractivity contribution is 7.18. The van der Waals surface area contributed by atoms with Crippen molar-refractivity contribution < 1.29 is 19.2 Å². The van der Waals surface area contributed by atoms with Crippen molar-refractivity contribution >= 4 is 51.8 Å². The van der Waals surface area contributed by atoms with E-state index >= 15 is 0 Å². The van der Waals surface area contributed by atoms with Crippen LogP contribution in [0.2, 0.25) is 4.34 Å². The highest BCUT2D eigenvalue weighted by atomic mass is 35.5. The minimum Gasteiger partial charge on any atom is -0.382 e. The monoisotopic (exact) mass is 462 g/mol. The second-order valence-corrected chi connectivity index (χ2v) is 9.04. The highest BCUT2D eigenvalue weighted by Gasteiger charge is 2.32. The van der Waals surface area contributed by atoms with Crippen LogP contribution >= 0.6 is 22.9 Å². The Morgan fingerprint density at radius 3 is 2.65 bits per heavy atom. The zero-order chi connectivity index (χ0) is 21.8. The van der Waals surface area contributed by atoms with E-state index in [1.165, 1.54) is 16.2 Å². The maximum absolute atomic E-state index is 12.6. The molecule has 1 aromatic carbocycles. The van der Waals surface area contributed by atoms with Crippen molar-refractivity contribution in [3.8, 4) is 0 Å². The number of ether oxygens (including phenoxy) is 1. The first-order valence-electron chi connectivity index (χ1n) is 9.95. The molecule has 1 fully saturated rings. The molecule has 0 radical (unpaired) electrons. The minimum absolute atomic E-state index is 0.0793. The number of nitrogens with zero attached hydrogens (tertiary/aromatic N) is 3. The van der Waals surface area contributed by atoms with Crippen molar-refractivity contribution in [1.82, 2.24) is 4.90 Å². The fraction of sp³-hybridized carbons (Fsp3) is 0.381. The number of amides is 2. The highest BCUT2D eigenvalue weighted by Crippen LogP contribution is 2.27. The summed E-state index contributed by atoms with van der Waals surface area (Å²) in [5, 5.41) is 6.83. The van der Waals surface area contributed by atoms with Gasteiger partial charge in [-0.1, -0.05) is 16.8 Å². The molecule has 1 N–H and O–H groups in total. The zero-order valence-corrected chi connectivity index (χ0v) is 18.6. The van der Waals surface area contributed by atoms with E-state index in [0.29, 0.717) is 22.2 Å². The Hall–Kier alpha value is -2.62. The van der Waals surface area contributed by atoms with Crippen LogP contribution in [0, 0.1) is 0 Å². The quantitative estimate of drug-likeness (QED) is 0.713. The summed E-state index contributed by atoms with van der Waals surface area (Å²) in [6.07, 6.45) is -0.383. The number of hydrogen-bond acceptors (Lipinski definition) is 7. The van der Waals surface area contributed by atoms with Gasteiger partial charge in [-0.3, -0.25) is 9.59 Å². The molecule has 3 heterocycles. The third kappa shape index (κ3) is 5.36. The van der Waals surface area contributed by atoms with Gasteiger partial charge in [0, 0.05) is 37.9 Å². The Kier molecular flexibility index (Phi) is 6.74. The van der Waals surface area contributed by atoms with Crippen molar-refractivity contribution in [3.05, 3.63) is 45.6 Å². The maximum atomic E-state index is 12.6. The number of carbonyl (C=O) groups is 2. The summed E-state index contributed by atoms with van der Waals surface area (Å²) in [5.41, 5.74) is 2.46. The third-order valence-corrected chi connectivity index (χ3v) is 6.37. The number of carbonyl (C=O) groups excluding carboxylic acids is 2. The van der Waals surface area contributed by atoms with Gasteiger partial charge in [-0.15, -0.1) is 11.3 Å². The molecule has 164 valence electrons. The average molecular weight is 463 g/mol. The van der Waals surface area contributed by atoms with E-state index in [9.17, 15) is 9.59 Å². The number of oxime groups is 1. The number of halogens is 1. The van der Waals surface area contributed by atoms with Crippen molar-refractivity contribution in [2.24, 2.45) is 5.16 Å². The molecule has 1 aromatic heterocycles. The van der Waals surface area contributed by atoms with Gasteiger partial charge in [0.2, 0.25) is 12.0 Å². The van der Waals surface area contributed by atoms with Crippen molar-refractivity contribution in [2.45, 2.75) is 12.5 Å². The predicted octanol–water partition coefficient (Wildman–Crippen LogP) is 2.83. The standard InChI is InChI=1S/C21H23ClN4O4S/c1-25(21(28)17-12-16(24-30-17)18-6-7-19(22)31-18)13-20(27)23-14-2-4-15(5-3-14)26-8-10-29-11-9-26/h2-7,17H,8-13H2,1H3,(H,23,27). The summed E-state index contributed by atoms with van der Waals surface area (Å²) in [6, 6.07) is 11.3. The number of hydrogen-bond donors (Lipinski definition) is 1. The molecule has 8 nitrogen and oxygen atoms in total. The van der Waals surface area contributed by atoms with Gasteiger partial charge < -0.3 is 24.7 Å². The lowest BCUT2D eigenvalue weighted by molar-refractivity contribution is -0.142. The normalized spacial score (nSPS) is 18.3. The van der Waals surface area contributed by atoms with E-state index in [2.05, 4.69) is 15.4 Å². The van der Waals surface area contributed by atoms with Crippen LogP contribution < -0.4 is 10.2 Å². The lowest BCUT2D eigenvalue weighted by Gasteiger charge is -2.28. The molecule has 0 spiro atoms. The van der Waals surface area contributed by atoms with Crippen LogP contribution in [0.3, 0.4) is 0 Å². The van der Waals surface area contributed by atoms with Crippen molar-refractivity contribution in [3.63, 3.8) is 0 Å². The second kappa shape index (κ2) is 9.67. The molecule has 2 amide bonds. The molecule has 2 aliphatic rings. The molecular weight excluding hydrogens is 440 g/mol. The minimum atomic E-state index is -0.735. The Morgan fingerprint density at radius 1 is 1.23 bits per heavy atom. The van der Waals surface area contributed by atoms with Gasteiger partial charge >= 0.3 is 0 Å². The predicted molar refractivity (Wildman–Crippen MR) is 121 cm³/mol. The maximum Gasteiger partial charge on any atom is 0.267 e. The van der Waals surface area contributed by atoms with Crippen LogP contribution in [0.5, 0.6) is 0 Å². The molecule has 0 saturated carbocycles. The molecule has 0 aliphatic carbocycles. The number of likely N-dealkylation sites (N-methyl/N-ethyl adjacent to an activating group) is 1. The number of rotatable bonds is 6. The lowest BCUT2D eigenvalue weighted by Crippen LogP contribution is -2.41. The first kappa shape index (κ1) is 21.6. The Bertz CT molecular complexity index is 972. The van der Waals surface area contributed by atoms with E-state index in [1.807, 2.05) is 30.3 Å². The number of morpholine rings is 1. The summed E-state index contributed by atoms with van der Waals surface area (Å²) in [7, 11) is 1.58. The van der Waals surface area contributed by atoms with Gasteiger partial charge in [-0.05, 0) is 36.4 Å². The number of nitrogens with one attached hydrogen (secondary N) is 1. The summed E-state index contributed by atoms with van der Waals surface area (Å²) >= 11 is 7.34. The van der Waals surface area contributed by atoms with Crippen LogP contribution in [0.4, 0.5) is 11.4 Å². The van der Waals surface area contributed by atoms with Crippen LogP contribution in [0.25, 0.3) is 0 Å². The molecule has 10 heteroatoms. The molecule has 1 atom stereocenters. The molecule has 1 saturated heterocycles. The first-order chi connectivity index (χ1) is 15.0. The van der Waals surface area contributed by atoms with Crippen molar-refractivity contribution in [1.29, 1.82) is 0 Å². The zero-order valence-electron chi connectivity index (χ0n) is 17.0. The fourth-order valence-electron chi connectivity index (χ4n) is 3.44. The summed E-state index contributed by atoms with van der Waals surface area (Å²) in [6.45, 7) is 3.07. The summed E-state index contributed by atoms with van der Waals surface area (Å²) < 4.78 is 6.02. The van der Waals surface area contributed by atoms with Crippen LogP contribution in [0.1, 0.15) is 11.3 Å². The topological polar surface area (TPSA) is 83.5 Å². The number of benzene rings is 1. The molecule has 31 heavy (non-hydrogen) atoms. The van der Waals surface area contributed by atoms with Crippen LogP contribution in [0.15, 0.2) is 41.6 Å². The number of anilines is 2. The lowest BCUT2D eigenvalue weighted by atomic mass is 10.1. The van der Waals surface area contributed by atoms with Gasteiger partial charge in [0.05, 0.1) is 29.0 Å². The Morgan fingerprint density at radius 2 is 1.97 bits per heavy atom. The molecule has 0 bridgehead atoms. The molecular formula is C21H23ClN4O4S. The summed E-state index contributed by atoms with van der Waals surface area (Å²) in [5.74, 6) is -0.571. The molecule has 2 aliphatic heterocycles. The van der Waals surface area contributed by atoms with Crippen LogP contribution in [-0.4, -0.2) is 68.4 Å². The summed E-state index contributed by atoms with van der Waals surface area (Å²) in [4.78, 5) is 34.8. The van der Waals surface area contributed by atoms with Gasteiger partial charge in [0.15, 0.2) is 0 Å². The third-order valence-electron chi connectivity index (χ3n) is 5.09. The first-order valence-corrected chi connectivity index (χ1v) is 11.1. The van der Waals surface area contributed by atoms with Gasteiger partial charge in [-0.2, -0.15) is 0 Å². The van der Waals surface area contributed by atoms with Crippen molar-refractivity contribution in [2.75, 3.05) is 50.1 Å². The van der Waals surface area contributed by atoms with Crippen LogP contribution in [-0.2, 0) is 19.2 Å². The van der Waals surface area contributed by atoms with E-state index in [-0.39, 0.29) is 18.4 Å². The second-order valence-electron chi connectivity index (χ2n) is 7.33. The number of thiophene rings is 1. The van der Waals surface area contributed by atoms with Gasteiger partial charge in [0.1, 0.15) is 5.71 Å². The molecule has 1 unspecified atom stereocenters. The largest absolute Gasteiger partial charge is 0.382 e. The Balaban J connectivity index is 1.26. The van der Waals surface area contributed by atoms with Gasteiger partial charge in [-0.25, -0.2) is 0 Å². The fourth-order valence-corrected chi connectivity index (χ4v) is 4.47. The van der Waals surface area contributed by atoms with E-state index in [0.717, 1.165) is 36.9 Å². The molecule has 2 aromatic rings. The smallest absolute Gasteiger partial charge is 0.267 e. The van der Waals surface area contributed by atoms with E-state index < -0.39 is 6.10 Å². The molecule has 4 rings (SSSR count). The Labute approximate surface area is 189 Å².